The van der Waals surface area contributed by atoms with Crippen molar-refractivity contribution < 1.29 is 14.6 Å². The second-order valence-corrected chi connectivity index (χ2v) is 5.01. The summed E-state index contributed by atoms with van der Waals surface area (Å²) in [5.41, 5.74) is -0.00899. The van der Waals surface area contributed by atoms with Gasteiger partial charge >= 0.3 is 5.97 Å². The predicted octanol–water partition coefficient (Wildman–Crippen LogP) is 2.83. The molecule has 0 spiro atoms. The van der Waals surface area contributed by atoms with Crippen molar-refractivity contribution in [1.82, 2.24) is 0 Å². The fraction of sp³-hybridized carbons (Fsp3) is 0.786. The Morgan fingerprint density at radius 2 is 2.24 bits per heavy atom. The lowest BCUT2D eigenvalue weighted by molar-refractivity contribution is -0.140. The van der Waals surface area contributed by atoms with Crippen LogP contribution in [-0.2, 0) is 9.53 Å². The number of methoxy groups -OCH3 is 1. The van der Waals surface area contributed by atoms with E-state index in [1.54, 1.807) is 0 Å². The molecular formula is C14H24O3. The van der Waals surface area contributed by atoms with Crippen LogP contribution in [0.25, 0.3) is 0 Å². The Hall–Kier alpha value is -0.830. The molecule has 3 nitrogen and oxygen atoms in total. The topological polar surface area (TPSA) is 46.5 Å². The van der Waals surface area contributed by atoms with Crippen LogP contribution < -0.4 is 0 Å². The van der Waals surface area contributed by atoms with E-state index in [0.29, 0.717) is 6.42 Å². The van der Waals surface area contributed by atoms with E-state index < -0.39 is 0 Å². The number of hydrogen-bond acceptors (Lipinski definition) is 3. The minimum Gasteiger partial charge on any atom is -0.469 e. The van der Waals surface area contributed by atoms with Crippen molar-refractivity contribution in [2.24, 2.45) is 5.41 Å². The molecule has 0 amide bonds. The van der Waals surface area contributed by atoms with Gasteiger partial charge in [-0.15, -0.1) is 0 Å². The molecule has 0 fully saturated rings. The smallest absolute Gasteiger partial charge is 0.305 e. The van der Waals surface area contributed by atoms with Crippen molar-refractivity contribution in [2.75, 3.05) is 13.7 Å². The Labute approximate surface area is 104 Å². The summed E-state index contributed by atoms with van der Waals surface area (Å²) in [6, 6.07) is 0. The molecule has 0 radical (unpaired) electrons. The number of carbonyl (C=O) groups excluding carboxylic acids is 1. The van der Waals surface area contributed by atoms with Crippen molar-refractivity contribution in [1.29, 1.82) is 0 Å². The molecule has 3 heteroatoms. The Balaban J connectivity index is 2.45. The fourth-order valence-electron chi connectivity index (χ4n) is 2.47. The van der Waals surface area contributed by atoms with Gasteiger partial charge in [0.05, 0.1) is 7.11 Å². The molecule has 0 aliphatic heterocycles. The van der Waals surface area contributed by atoms with E-state index >= 15 is 0 Å². The summed E-state index contributed by atoms with van der Waals surface area (Å²) in [6.07, 6.45) is 12.1. The summed E-state index contributed by atoms with van der Waals surface area (Å²) >= 11 is 0. The quantitative estimate of drug-likeness (QED) is 0.593. The van der Waals surface area contributed by atoms with E-state index in [0.717, 1.165) is 32.1 Å². The predicted molar refractivity (Wildman–Crippen MR) is 67.6 cm³/mol. The summed E-state index contributed by atoms with van der Waals surface area (Å²) in [6.45, 7) is 0.221. The lowest BCUT2D eigenvalue weighted by Gasteiger charge is -2.32. The van der Waals surface area contributed by atoms with Crippen LogP contribution in [-0.4, -0.2) is 24.8 Å². The van der Waals surface area contributed by atoms with E-state index in [2.05, 4.69) is 16.9 Å². The molecule has 0 heterocycles. The summed E-state index contributed by atoms with van der Waals surface area (Å²) in [7, 11) is 1.42. The molecule has 1 atom stereocenters. The maximum absolute atomic E-state index is 11.1. The van der Waals surface area contributed by atoms with E-state index in [-0.39, 0.29) is 18.0 Å². The molecule has 0 aromatic heterocycles. The summed E-state index contributed by atoms with van der Waals surface area (Å²) < 4.78 is 4.64. The normalized spacial score (nSPS) is 26.9. The number of carbonyl (C=O) groups is 1. The van der Waals surface area contributed by atoms with Gasteiger partial charge in [0.15, 0.2) is 0 Å². The molecule has 1 N–H and O–H groups in total. The fourth-order valence-corrected chi connectivity index (χ4v) is 2.47. The average molecular weight is 240 g/mol. The van der Waals surface area contributed by atoms with Crippen molar-refractivity contribution in [3.05, 3.63) is 12.2 Å². The van der Waals surface area contributed by atoms with Crippen LogP contribution >= 0.6 is 0 Å². The number of aliphatic hydroxyl groups is 1. The highest BCUT2D eigenvalue weighted by atomic mass is 16.5. The molecule has 0 aromatic carbocycles. The zero-order valence-electron chi connectivity index (χ0n) is 10.8. The van der Waals surface area contributed by atoms with Gasteiger partial charge in [-0.2, -0.15) is 0 Å². The minimum absolute atomic E-state index is 0.00899. The standard InChI is InChI=1S/C14H24O3/c1-17-13(16)8-7-11-14(12-15)9-5-3-2-4-6-10-14/h3,5,15H,2,4,6-12H2,1H3/b5-3-. The number of ether oxygens (including phenoxy) is 1. The average Bonchev–Trinajstić information content (AvgIpc) is 2.32. The minimum atomic E-state index is -0.153. The molecule has 17 heavy (non-hydrogen) atoms. The van der Waals surface area contributed by atoms with Crippen LogP contribution in [0, 0.1) is 5.41 Å². The maximum Gasteiger partial charge on any atom is 0.305 e. The van der Waals surface area contributed by atoms with Crippen molar-refractivity contribution in [3.8, 4) is 0 Å². The highest BCUT2D eigenvalue weighted by Gasteiger charge is 2.28. The third-order valence-electron chi connectivity index (χ3n) is 3.70. The van der Waals surface area contributed by atoms with Gasteiger partial charge in [-0.05, 0) is 43.9 Å². The number of allylic oxidation sites excluding steroid dienone is 2. The highest BCUT2D eigenvalue weighted by Crippen LogP contribution is 2.36. The van der Waals surface area contributed by atoms with Gasteiger partial charge in [-0.3, -0.25) is 4.79 Å². The number of rotatable bonds is 5. The maximum atomic E-state index is 11.1. The zero-order valence-corrected chi connectivity index (χ0v) is 10.8. The van der Waals surface area contributed by atoms with E-state index in [1.807, 2.05) is 0 Å². The van der Waals surface area contributed by atoms with Crippen molar-refractivity contribution in [2.45, 2.75) is 51.4 Å². The largest absolute Gasteiger partial charge is 0.469 e. The summed E-state index contributed by atoms with van der Waals surface area (Å²) in [5.74, 6) is -0.153. The highest BCUT2D eigenvalue weighted by molar-refractivity contribution is 5.68. The zero-order chi connectivity index (χ0) is 12.6. The van der Waals surface area contributed by atoms with Crippen molar-refractivity contribution in [3.63, 3.8) is 0 Å². The van der Waals surface area contributed by atoms with E-state index in [9.17, 15) is 9.90 Å². The van der Waals surface area contributed by atoms with Crippen LogP contribution in [0.15, 0.2) is 12.2 Å². The Morgan fingerprint density at radius 1 is 1.41 bits per heavy atom. The Kier molecular flexibility index (Phi) is 6.27. The summed E-state index contributed by atoms with van der Waals surface area (Å²) in [5, 5.41) is 9.63. The molecular weight excluding hydrogens is 216 g/mol. The number of aliphatic hydroxyl groups excluding tert-OH is 1. The molecule has 1 unspecified atom stereocenters. The lowest BCUT2D eigenvalue weighted by atomic mass is 9.75. The van der Waals surface area contributed by atoms with Crippen LogP contribution in [0.3, 0.4) is 0 Å². The van der Waals surface area contributed by atoms with E-state index in [1.165, 1.54) is 20.0 Å². The molecule has 0 saturated carbocycles. The van der Waals surface area contributed by atoms with Gasteiger partial charge in [0, 0.05) is 13.0 Å². The first-order valence-electron chi connectivity index (χ1n) is 6.55. The molecule has 0 bridgehead atoms. The second kappa shape index (κ2) is 7.49. The van der Waals surface area contributed by atoms with Gasteiger partial charge in [0.25, 0.3) is 0 Å². The first-order chi connectivity index (χ1) is 8.22. The Morgan fingerprint density at radius 3 is 2.94 bits per heavy atom. The molecule has 1 rings (SSSR count). The first kappa shape index (κ1) is 14.2. The van der Waals surface area contributed by atoms with Gasteiger partial charge in [0.1, 0.15) is 0 Å². The van der Waals surface area contributed by atoms with Crippen LogP contribution in [0.5, 0.6) is 0 Å². The molecule has 98 valence electrons. The Bertz CT molecular complexity index is 260. The summed E-state index contributed by atoms with van der Waals surface area (Å²) in [4.78, 5) is 11.1. The molecule has 1 aliphatic carbocycles. The second-order valence-electron chi connectivity index (χ2n) is 5.01. The van der Waals surface area contributed by atoms with Gasteiger partial charge in [0.2, 0.25) is 0 Å². The number of esters is 1. The van der Waals surface area contributed by atoms with Crippen LogP contribution in [0.2, 0.25) is 0 Å². The van der Waals surface area contributed by atoms with Crippen LogP contribution in [0.4, 0.5) is 0 Å². The first-order valence-corrected chi connectivity index (χ1v) is 6.55. The SMILES string of the molecule is COC(=O)CCCC1(CO)C/C=C\CCCC1. The molecule has 0 aromatic rings. The van der Waals surface area contributed by atoms with E-state index in [4.69, 9.17) is 0 Å². The van der Waals surface area contributed by atoms with Gasteiger partial charge in [-0.1, -0.05) is 18.6 Å². The van der Waals surface area contributed by atoms with Gasteiger partial charge in [-0.25, -0.2) is 0 Å². The van der Waals surface area contributed by atoms with Gasteiger partial charge < -0.3 is 9.84 Å². The lowest BCUT2D eigenvalue weighted by Crippen LogP contribution is -2.26. The third-order valence-corrected chi connectivity index (χ3v) is 3.70. The van der Waals surface area contributed by atoms with Crippen molar-refractivity contribution >= 4 is 5.97 Å². The molecule has 0 saturated heterocycles. The number of hydrogen-bond donors (Lipinski definition) is 1. The third kappa shape index (κ3) is 4.90. The monoisotopic (exact) mass is 240 g/mol. The molecule has 1 aliphatic rings. The van der Waals surface area contributed by atoms with Crippen LogP contribution in [0.1, 0.15) is 51.4 Å².